The van der Waals surface area contributed by atoms with Crippen LogP contribution in [0.4, 0.5) is 0 Å². The molecule has 0 unspecified atom stereocenters. The van der Waals surface area contributed by atoms with Gasteiger partial charge in [-0.3, -0.25) is 4.79 Å². The fourth-order valence-corrected chi connectivity index (χ4v) is 5.09. The summed E-state index contributed by atoms with van der Waals surface area (Å²) in [6, 6.07) is 0. The molecule has 1 saturated carbocycles. The van der Waals surface area contributed by atoms with Crippen LogP contribution in [0.25, 0.3) is 0 Å². The van der Waals surface area contributed by atoms with Crippen LogP contribution in [0.2, 0.25) is 0 Å². The number of ether oxygens (including phenoxy) is 1. The number of amides is 1. The van der Waals surface area contributed by atoms with Gasteiger partial charge in [0.2, 0.25) is 5.91 Å². The molecule has 23 heavy (non-hydrogen) atoms. The summed E-state index contributed by atoms with van der Waals surface area (Å²) < 4.78 is 5.75. The van der Waals surface area contributed by atoms with Crippen LogP contribution < -0.4 is 0 Å². The Labute approximate surface area is 140 Å². The Kier molecular flexibility index (Phi) is 5.60. The number of piperidine rings is 2. The molecular formula is C18H32N2O3. The number of carbonyl (C=O) groups excluding carboxylic acids is 1. The van der Waals surface area contributed by atoms with Gasteiger partial charge in [-0.25, -0.2) is 0 Å². The van der Waals surface area contributed by atoms with Crippen LogP contribution in [0, 0.1) is 11.3 Å². The Morgan fingerprint density at radius 2 is 1.91 bits per heavy atom. The summed E-state index contributed by atoms with van der Waals surface area (Å²) >= 11 is 0. The molecule has 0 radical (unpaired) electrons. The molecule has 3 aliphatic rings. The summed E-state index contributed by atoms with van der Waals surface area (Å²) in [5.74, 6) is 0.553. The molecule has 1 aliphatic carbocycles. The molecule has 5 heteroatoms. The summed E-state index contributed by atoms with van der Waals surface area (Å²) in [7, 11) is 1.83. The first kappa shape index (κ1) is 17.2. The zero-order valence-electron chi connectivity index (χ0n) is 14.5. The first-order valence-electron chi connectivity index (χ1n) is 9.33. The number of aliphatic hydroxyl groups excluding tert-OH is 1. The number of rotatable bonds is 4. The van der Waals surface area contributed by atoms with Crippen LogP contribution in [0.3, 0.4) is 0 Å². The maximum atomic E-state index is 13.0. The number of nitrogens with zero attached hydrogens (tertiary/aromatic N) is 2. The lowest BCUT2D eigenvalue weighted by atomic mass is 9.76. The minimum absolute atomic E-state index is 0.183. The van der Waals surface area contributed by atoms with E-state index in [1.807, 2.05) is 7.11 Å². The molecular weight excluding hydrogens is 292 g/mol. The second kappa shape index (κ2) is 7.49. The molecule has 1 amide bonds. The van der Waals surface area contributed by atoms with Crippen LogP contribution in [-0.4, -0.2) is 73.4 Å². The molecule has 1 spiro atoms. The third-order valence-corrected chi connectivity index (χ3v) is 6.38. The predicted molar refractivity (Wildman–Crippen MR) is 89.1 cm³/mol. The highest BCUT2D eigenvalue weighted by atomic mass is 16.5. The van der Waals surface area contributed by atoms with Gasteiger partial charge in [0.25, 0.3) is 0 Å². The Hall–Kier alpha value is -0.650. The fraction of sp³-hybridized carbons (Fsp3) is 0.944. The van der Waals surface area contributed by atoms with Crippen LogP contribution in [0.15, 0.2) is 0 Å². The zero-order valence-corrected chi connectivity index (χ0v) is 14.5. The van der Waals surface area contributed by atoms with E-state index < -0.39 is 0 Å². The number of hydrogen-bond donors (Lipinski definition) is 1. The van der Waals surface area contributed by atoms with Gasteiger partial charge >= 0.3 is 0 Å². The average Bonchev–Trinajstić information content (AvgIpc) is 2.97. The van der Waals surface area contributed by atoms with Crippen molar-refractivity contribution < 1.29 is 14.6 Å². The smallest absolute Gasteiger partial charge is 0.225 e. The maximum absolute atomic E-state index is 13.0. The molecule has 2 saturated heterocycles. The molecule has 3 fully saturated rings. The monoisotopic (exact) mass is 324 g/mol. The van der Waals surface area contributed by atoms with E-state index in [2.05, 4.69) is 9.80 Å². The van der Waals surface area contributed by atoms with Gasteiger partial charge in [0.05, 0.1) is 12.7 Å². The summed E-state index contributed by atoms with van der Waals surface area (Å²) in [5.41, 5.74) is 0.222. The van der Waals surface area contributed by atoms with Crippen molar-refractivity contribution >= 4 is 5.91 Å². The Bertz CT molecular complexity index is 409. The number of methoxy groups -OCH3 is 1. The van der Waals surface area contributed by atoms with Gasteiger partial charge in [0.1, 0.15) is 0 Å². The molecule has 0 bridgehead atoms. The van der Waals surface area contributed by atoms with Crippen molar-refractivity contribution in [2.45, 2.75) is 51.0 Å². The maximum Gasteiger partial charge on any atom is 0.225 e. The van der Waals surface area contributed by atoms with Crippen molar-refractivity contribution in [3.8, 4) is 0 Å². The van der Waals surface area contributed by atoms with Gasteiger partial charge in [0, 0.05) is 38.1 Å². The van der Waals surface area contributed by atoms with E-state index >= 15 is 0 Å². The van der Waals surface area contributed by atoms with E-state index in [-0.39, 0.29) is 17.9 Å². The van der Waals surface area contributed by atoms with Crippen molar-refractivity contribution in [1.29, 1.82) is 0 Å². The molecule has 1 N–H and O–H groups in total. The molecule has 0 aromatic carbocycles. The minimum Gasteiger partial charge on any atom is -0.395 e. The number of β-amino-alcohol motifs (C(OH)–C–C–N with tert-alkyl or cyclic N) is 1. The predicted octanol–water partition coefficient (Wildman–Crippen LogP) is 1.50. The molecule has 0 aromatic rings. The van der Waals surface area contributed by atoms with Crippen LogP contribution in [0.5, 0.6) is 0 Å². The van der Waals surface area contributed by atoms with Crippen molar-refractivity contribution in [2.75, 3.05) is 46.4 Å². The normalized spacial score (nSPS) is 33.5. The van der Waals surface area contributed by atoms with Crippen molar-refractivity contribution in [3.05, 3.63) is 0 Å². The molecule has 2 aliphatic heterocycles. The van der Waals surface area contributed by atoms with E-state index in [0.717, 1.165) is 58.4 Å². The minimum atomic E-state index is 0.183. The molecule has 0 aromatic heterocycles. The molecule has 5 nitrogen and oxygen atoms in total. The average molecular weight is 324 g/mol. The number of likely N-dealkylation sites (tertiary alicyclic amines) is 2. The zero-order chi connectivity index (χ0) is 16.3. The topological polar surface area (TPSA) is 53.0 Å². The van der Waals surface area contributed by atoms with Gasteiger partial charge in [-0.1, -0.05) is 6.42 Å². The second-order valence-corrected chi connectivity index (χ2v) is 7.68. The van der Waals surface area contributed by atoms with E-state index in [1.165, 1.54) is 19.3 Å². The SMILES string of the molecule is CO[C@@H]1CCC[C@]12CCCN(C(=O)C1CCN(CCO)CC1)C2. The third kappa shape index (κ3) is 3.57. The molecule has 2 heterocycles. The van der Waals surface area contributed by atoms with E-state index in [9.17, 15) is 4.79 Å². The van der Waals surface area contributed by atoms with Crippen molar-refractivity contribution in [3.63, 3.8) is 0 Å². The van der Waals surface area contributed by atoms with Crippen LogP contribution in [-0.2, 0) is 9.53 Å². The third-order valence-electron chi connectivity index (χ3n) is 6.38. The Morgan fingerprint density at radius 1 is 1.17 bits per heavy atom. The lowest BCUT2D eigenvalue weighted by Crippen LogP contribution is -2.52. The van der Waals surface area contributed by atoms with Crippen LogP contribution >= 0.6 is 0 Å². The summed E-state index contributed by atoms with van der Waals surface area (Å²) in [4.78, 5) is 17.4. The van der Waals surface area contributed by atoms with Gasteiger partial charge in [0.15, 0.2) is 0 Å². The number of hydrogen-bond acceptors (Lipinski definition) is 4. The summed E-state index contributed by atoms with van der Waals surface area (Å²) in [6.07, 6.45) is 8.15. The molecule has 3 rings (SSSR count). The lowest BCUT2D eigenvalue weighted by Gasteiger charge is -2.45. The van der Waals surface area contributed by atoms with Crippen molar-refractivity contribution in [1.82, 2.24) is 9.80 Å². The summed E-state index contributed by atoms with van der Waals surface area (Å²) in [6.45, 7) is 4.66. The summed E-state index contributed by atoms with van der Waals surface area (Å²) in [5, 5.41) is 9.03. The second-order valence-electron chi connectivity index (χ2n) is 7.68. The van der Waals surface area contributed by atoms with Gasteiger partial charge in [-0.2, -0.15) is 0 Å². The van der Waals surface area contributed by atoms with Gasteiger partial charge in [-0.15, -0.1) is 0 Å². The highest BCUT2D eigenvalue weighted by molar-refractivity contribution is 5.79. The van der Waals surface area contributed by atoms with E-state index in [4.69, 9.17) is 9.84 Å². The highest BCUT2D eigenvalue weighted by Gasteiger charge is 2.47. The number of carbonyl (C=O) groups is 1. The Balaban J connectivity index is 1.57. The van der Waals surface area contributed by atoms with Gasteiger partial charge < -0.3 is 19.6 Å². The highest BCUT2D eigenvalue weighted by Crippen LogP contribution is 2.46. The van der Waals surface area contributed by atoms with E-state index in [0.29, 0.717) is 12.0 Å². The Morgan fingerprint density at radius 3 is 2.61 bits per heavy atom. The fourth-order valence-electron chi connectivity index (χ4n) is 5.09. The van der Waals surface area contributed by atoms with Crippen LogP contribution in [0.1, 0.15) is 44.9 Å². The first-order valence-corrected chi connectivity index (χ1v) is 9.33. The quantitative estimate of drug-likeness (QED) is 0.851. The first-order chi connectivity index (χ1) is 11.2. The van der Waals surface area contributed by atoms with Gasteiger partial charge in [-0.05, 0) is 51.6 Å². The lowest BCUT2D eigenvalue weighted by molar-refractivity contribution is -0.143. The van der Waals surface area contributed by atoms with E-state index in [1.54, 1.807) is 0 Å². The molecule has 2 atom stereocenters. The van der Waals surface area contributed by atoms with Crippen molar-refractivity contribution in [2.24, 2.45) is 11.3 Å². The molecule has 132 valence electrons. The number of aliphatic hydroxyl groups is 1. The largest absolute Gasteiger partial charge is 0.395 e. The standard InChI is InChI=1S/C18H32N2O3/c1-23-16-4-2-7-18(16)8-3-9-20(14-18)17(22)15-5-10-19(11-6-15)12-13-21/h15-16,21H,2-14H2,1H3/t16-,18-/m1/s1.